The zero-order valence-corrected chi connectivity index (χ0v) is 20.5. The van der Waals surface area contributed by atoms with Crippen LogP contribution in [0.3, 0.4) is 0 Å². The first-order valence-electron chi connectivity index (χ1n) is 12.4. The minimum absolute atomic E-state index is 0.0697. The molecule has 1 amide bonds. The van der Waals surface area contributed by atoms with E-state index in [2.05, 4.69) is 15.5 Å². The summed E-state index contributed by atoms with van der Waals surface area (Å²) in [5.74, 6) is -0.0727. The normalized spacial score (nSPS) is 18.9. The lowest BCUT2D eigenvalue weighted by molar-refractivity contribution is -0.137. The number of benzene rings is 2. The van der Waals surface area contributed by atoms with Crippen LogP contribution in [0.1, 0.15) is 59.7 Å². The van der Waals surface area contributed by atoms with Crippen LogP contribution in [0.2, 0.25) is 0 Å². The second-order valence-corrected chi connectivity index (χ2v) is 10.0. The molecule has 1 saturated heterocycles. The van der Waals surface area contributed by atoms with Crippen molar-refractivity contribution in [3.05, 3.63) is 71.0 Å². The zero-order valence-electron chi connectivity index (χ0n) is 20.5. The number of nitrogens with zero attached hydrogens (tertiary/aromatic N) is 4. The maximum atomic E-state index is 13.9. The Bertz CT molecular complexity index is 1250. The van der Waals surface area contributed by atoms with Gasteiger partial charge in [-0.25, -0.2) is 0 Å². The Morgan fingerprint density at radius 3 is 2.53 bits per heavy atom. The maximum Gasteiger partial charge on any atom is 0.416 e. The van der Waals surface area contributed by atoms with Gasteiger partial charge in [-0.05, 0) is 80.3 Å². The standard InChI is InChI=1S/C27H30F3N5O/c1-3-19-15-20(27(28,29)30)5-6-23(19)31-17-21-16-26(8-9-26)10-13-34(21)25(36)22-14-18(2)4-7-24(22)35-32-11-12-33-35/h4-7,11-12,14-15,21,31H,3,8-10,13,16-17H2,1-2H3. The van der Waals surface area contributed by atoms with Crippen LogP contribution >= 0.6 is 0 Å². The molecule has 1 spiro atoms. The number of anilines is 1. The number of halogens is 3. The molecule has 0 radical (unpaired) electrons. The van der Waals surface area contributed by atoms with Crippen molar-refractivity contribution >= 4 is 11.6 Å². The topological polar surface area (TPSA) is 63.1 Å². The number of piperidine rings is 1. The van der Waals surface area contributed by atoms with Crippen LogP contribution in [-0.2, 0) is 12.6 Å². The van der Waals surface area contributed by atoms with Gasteiger partial charge in [-0.3, -0.25) is 4.79 Å². The van der Waals surface area contributed by atoms with Crippen LogP contribution in [0.4, 0.5) is 18.9 Å². The average molecular weight is 498 g/mol. The first-order chi connectivity index (χ1) is 17.2. The van der Waals surface area contributed by atoms with Crippen LogP contribution in [0.25, 0.3) is 5.69 Å². The molecule has 2 aromatic carbocycles. The van der Waals surface area contributed by atoms with Crippen molar-refractivity contribution in [1.29, 1.82) is 0 Å². The smallest absolute Gasteiger partial charge is 0.383 e. The molecular formula is C27H30F3N5O. The molecule has 0 bridgehead atoms. The Hall–Kier alpha value is -3.36. The largest absolute Gasteiger partial charge is 0.416 e. The third-order valence-corrected chi connectivity index (χ3v) is 7.57. The molecule has 1 N–H and O–H groups in total. The third kappa shape index (κ3) is 4.83. The van der Waals surface area contributed by atoms with Gasteiger partial charge in [0.05, 0.1) is 29.2 Å². The monoisotopic (exact) mass is 497 g/mol. The second-order valence-electron chi connectivity index (χ2n) is 10.0. The van der Waals surface area contributed by atoms with Crippen molar-refractivity contribution in [3.8, 4) is 5.69 Å². The highest BCUT2D eigenvalue weighted by Crippen LogP contribution is 2.55. The molecule has 9 heteroatoms. The molecule has 190 valence electrons. The number of hydrogen-bond donors (Lipinski definition) is 1. The van der Waals surface area contributed by atoms with Crippen LogP contribution in [0.15, 0.2) is 48.8 Å². The number of rotatable bonds is 6. The number of amides is 1. The zero-order chi connectivity index (χ0) is 25.5. The number of aromatic nitrogens is 3. The summed E-state index contributed by atoms with van der Waals surface area (Å²) in [7, 11) is 0. The van der Waals surface area contributed by atoms with Crippen LogP contribution in [0.5, 0.6) is 0 Å². The van der Waals surface area contributed by atoms with Gasteiger partial charge in [0, 0.05) is 24.8 Å². The minimum Gasteiger partial charge on any atom is -0.383 e. The quantitative estimate of drug-likeness (QED) is 0.478. The van der Waals surface area contributed by atoms with Crippen molar-refractivity contribution < 1.29 is 18.0 Å². The second kappa shape index (κ2) is 9.26. The number of hydrogen-bond acceptors (Lipinski definition) is 4. The summed E-state index contributed by atoms with van der Waals surface area (Å²) in [5.41, 5.74) is 3.09. The Balaban J connectivity index is 1.40. The van der Waals surface area contributed by atoms with E-state index in [4.69, 9.17) is 0 Å². The highest BCUT2D eigenvalue weighted by Gasteiger charge is 2.49. The summed E-state index contributed by atoms with van der Waals surface area (Å²) in [6, 6.07) is 9.43. The lowest BCUT2D eigenvalue weighted by Gasteiger charge is -2.40. The summed E-state index contributed by atoms with van der Waals surface area (Å²) in [4.78, 5) is 17.3. The van der Waals surface area contributed by atoms with Crippen molar-refractivity contribution in [1.82, 2.24) is 19.9 Å². The maximum absolute atomic E-state index is 13.9. The summed E-state index contributed by atoms with van der Waals surface area (Å²) in [5, 5.41) is 11.8. The summed E-state index contributed by atoms with van der Waals surface area (Å²) in [6.07, 6.45) is 3.45. The van der Waals surface area contributed by atoms with Gasteiger partial charge in [0.1, 0.15) is 0 Å². The predicted octanol–water partition coefficient (Wildman–Crippen LogP) is 5.65. The molecular weight excluding hydrogens is 467 g/mol. The molecule has 1 aromatic heterocycles. The van der Waals surface area contributed by atoms with E-state index in [1.165, 1.54) is 29.8 Å². The first-order valence-corrected chi connectivity index (χ1v) is 12.4. The fraction of sp³-hybridized carbons (Fsp3) is 0.444. The molecule has 5 rings (SSSR count). The molecule has 1 saturated carbocycles. The van der Waals surface area contributed by atoms with Crippen molar-refractivity contribution in [2.45, 2.75) is 58.2 Å². The van der Waals surface area contributed by atoms with Gasteiger partial charge in [-0.15, -0.1) is 0 Å². The van der Waals surface area contributed by atoms with Gasteiger partial charge < -0.3 is 10.2 Å². The third-order valence-electron chi connectivity index (χ3n) is 7.57. The molecule has 1 aliphatic heterocycles. The molecule has 1 atom stereocenters. The van der Waals surface area contributed by atoms with Gasteiger partial charge in [0.15, 0.2) is 0 Å². The van der Waals surface area contributed by atoms with Gasteiger partial charge in [0.25, 0.3) is 5.91 Å². The predicted molar refractivity (Wildman–Crippen MR) is 131 cm³/mol. The van der Waals surface area contributed by atoms with E-state index in [1.807, 2.05) is 36.9 Å². The Morgan fingerprint density at radius 2 is 1.86 bits per heavy atom. The fourth-order valence-corrected chi connectivity index (χ4v) is 5.29. The van der Waals surface area contributed by atoms with Crippen LogP contribution in [0, 0.1) is 12.3 Å². The molecule has 1 unspecified atom stereocenters. The van der Waals surface area contributed by atoms with Gasteiger partial charge in [-0.2, -0.15) is 28.2 Å². The summed E-state index contributed by atoms with van der Waals surface area (Å²) in [6.45, 7) is 4.92. The van der Waals surface area contributed by atoms with E-state index in [0.29, 0.717) is 42.0 Å². The van der Waals surface area contributed by atoms with Gasteiger partial charge >= 0.3 is 6.18 Å². The van der Waals surface area contributed by atoms with Gasteiger partial charge in [-0.1, -0.05) is 18.6 Å². The van der Waals surface area contributed by atoms with Crippen molar-refractivity contribution in [3.63, 3.8) is 0 Å². The number of aryl methyl sites for hydroxylation is 2. The molecule has 6 nitrogen and oxygen atoms in total. The highest BCUT2D eigenvalue weighted by molar-refractivity contribution is 5.98. The highest BCUT2D eigenvalue weighted by atomic mass is 19.4. The fourth-order valence-electron chi connectivity index (χ4n) is 5.29. The van der Waals surface area contributed by atoms with E-state index in [0.717, 1.165) is 24.5 Å². The van der Waals surface area contributed by atoms with Gasteiger partial charge in [0.2, 0.25) is 0 Å². The Kier molecular flexibility index (Phi) is 6.26. The average Bonchev–Trinajstić information content (AvgIpc) is 3.37. The minimum atomic E-state index is -4.37. The number of alkyl halides is 3. The Labute approximate surface area is 208 Å². The van der Waals surface area contributed by atoms with E-state index < -0.39 is 11.7 Å². The number of likely N-dealkylation sites (tertiary alicyclic amines) is 1. The number of carbonyl (C=O) groups excluding carboxylic acids is 1. The molecule has 2 fully saturated rings. The van der Waals surface area contributed by atoms with E-state index in [-0.39, 0.29) is 17.4 Å². The van der Waals surface area contributed by atoms with E-state index in [9.17, 15) is 18.0 Å². The number of carbonyl (C=O) groups is 1. The van der Waals surface area contributed by atoms with Crippen LogP contribution in [-0.4, -0.2) is 44.9 Å². The molecule has 2 heterocycles. The van der Waals surface area contributed by atoms with Crippen LogP contribution < -0.4 is 5.32 Å². The Morgan fingerprint density at radius 1 is 1.11 bits per heavy atom. The first kappa shape index (κ1) is 24.3. The number of nitrogens with one attached hydrogen (secondary N) is 1. The lowest BCUT2D eigenvalue weighted by atomic mass is 9.87. The summed E-state index contributed by atoms with van der Waals surface area (Å²) < 4.78 is 39.6. The summed E-state index contributed by atoms with van der Waals surface area (Å²) >= 11 is 0. The van der Waals surface area contributed by atoms with E-state index >= 15 is 0 Å². The molecule has 36 heavy (non-hydrogen) atoms. The SMILES string of the molecule is CCc1cc(C(F)(F)F)ccc1NCC1CC2(CCN1C(=O)c1cc(C)ccc1-n1nccn1)CC2. The van der Waals surface area contributed by atoms with E-state index in [1.54, 1.807) is 12.4 Å². The molecule has 3 aromatic rings. The van der Waals surface area contributed by atoms with Crippen molar-refractivity contribution in [2.75, 3.05) is 18.4 Å². The molecule has 1 aliphatic carbocycles. The lowest BCUT2D eigenvalue weighted by Crippen LogP contribution is -2.50. The van der Waals surface area contributed by atoms with Crippen molar-refractivity contribution in [2.24, 2.45) is 5.41 Å². The molecule has 2 aliphatic rings.